The van der Waals surface area contributed by atoms with Crippen molar-refractivity contribution in [1.29, 1.82) is 0 Å². The second-order valence-electron chi connectivity index (χ2n) is 16.1. The second-order valence-corrected chi connectivity index (χ2v) is 16.1. The zero-order valence-electron chi connectivity index (χ0n) is 33.5. The fourth-order valence-electron chi connectivity index (χ4n) is 7.94. The third-order valence-electron chi connectivity index (χ3n) is 11.4. The first kappa shape index (κ1) is 52.7. The summed E-state index contributed by atoms with van der Waals surface area (Å²) in [6, 6.07) is 12.3. The number of nitrogens with zero attached hydrogens (tertiary/aromatic N) is 1. The summed E-state index contributed by atoms with van der Waals surface area (Å²) in [6.45, 7) is 10.3. The van der Waals surface area contributed by atoms with Crippen LogP contribution in [0, 0.1) is 6.92 Å². The van der Waals surface area contributed by atoms with Gasteiger partial charge in [-0.15, -0.1) is 0 Å². The molecule has 1 aliphatic heterocycles. The van der Waals surface area contributed by atoms with E-state index >= 15 is 0 Å². The molecule has 56 heavy (non-hydrogen) atoms. The fourth-order valence-corrected chi connectivity index (χ4v) is 7.94. The molecule has 2 heterocycles. The van der Waals surface area contributed by atoms with Crippen molar-refractivity contribution in [3.63, 3.8) is 0 Å². The SMILES string of the molecule is Cc1cc(-c2ccccc2)ncc1B1OC(C)(C)C(C)(C)O1.[B]B([B])B(B([B])[B])B(B([B])[B])B(B(B([B])[B])B([B])[B])B(B(B([B])[B])B([B])[B])B(B([B])[B])B([B])[B]. The summed E-state index contributed by atoms with van der Waals surface area (Å²) in [4.78, 5) is 4.59. The Morgan fingerprint density at radius 2 is 0.768 bits per heavy atom. The van der Waals surface area contributed by atoms with E-state index in [0.717, 1.165) is 22.3 Å². The molecule has 0 bridgehead atoms. The fraction of sp³-hybridized carbons (Fsp3) is 0.389. The Labute approximate surface area is 371 Å². The monoisotopic (exact) mass is 669 g/mol. The number of pyridine rings is 1. The lowest BCUT2D eigenvalue weighted by Crippen LogP contribution is -2.90. The van der Waals surface area contributed by atoms with Crippen molar-refractivity contribution >= 4 is 254 Å². The standard InChI is InChI=1S/C18H22BNO2.B34/c1-13-11-16(14-9-7-6-8-10-14)20-12-15(13)19-21-17(2,3)18(4,5)22-19;1-19(2)28(20(3)4)32(27(17)18)34(31(25(13)14)26(15)16)33(29(21(5)6)22(7)8)30(23(9)10)24(11)12/h6-12H,1-5H3;. The van der Waals surface area contributed by atoms with Crippen LogP contribution in [-0.2, 0) is 9.31 Å². The van der Waals surface area contributed by atoms with Crippen LogP contribution in [0.1, 0.15) is 33.3 Å². The van der Waals surface area contributed by atoms with Gasteiger partial charge in [0.15, 0.2) is 0 Å². The molecule has 0 unspecified atom stereocenters. The van der Waals surface area contributed by atoms with E-state index in [1.807, 2.05) is 24.4 Å². The van der Waals surface area contributed by atoms with Crippen LogP contribution in [0.2, 0.25) is 0 Å². The third-order valence-corrected chi connectivity index (χ3v) is 11.4. The minimum absolute atomic E-state index is 0.331. The van der Waals surface area contributed by atoms with Crippen molar-refractivity contribution in [2.45, 2.75) is 45.8 Å². The predicted octanol–water partition coefficient (Wildman–Crippen LogP) is -9.59. The first-order chi connectivity index (χ1) is 25.7. The summed E-state index contributed by atoms with van der Waals surface area (Å²) in [7, 11) is 110. The molecular weight excluding hydrogens is 641 g/mol. The molecule has 216 valence electrons. The first-order valence-electron chi connectivity index (χ1n) is 18.7. The molecule has 3 nitrogen and oxygen atoms in total. The maximum Gasteiger partial charge on any atom is 0.496 e. The Kier molecular flexibility index (Phi) is 21.3. The lowest BCUT2D eigenvalue weighted by atomic mass is 8.29. The molecule has 0 saturated carbocycles. The molecule has 38 heteroatoms. The topological polar surface area (TPSA) is 31.4 Å². The number of hydrogen-bond acceptors (Lipinski definition) is 3. The Hall–Kier alpha value is 0.563. The number of rotatable bonds is 17. The zero-order chi connectivity index (χ0) is 43.2. The summed E-state index contributed by atoms with van der Waals surface area (Å²) >= 11 is 0. The minimum Gasteiger partial charge on any atom is -0.399 e. The molecule has 0 amide bonds. The summed E-state index contributed by atoms with van der Waals surface area (Å²) in [5, 5.41) is 0. The van der Waals surface area contributed by atoms with Crippen LogP contribution in [0.3, 0.4) is 0 Å². The van der Waals surface area contributed by atoms with Crippen LogP contribution in [0.4, 0.5) is 0 Å². The van der Waals surface area contributed by atoms with Gasteiger partial charge in [0.1, 0.15) is 0 Å². The zero-order valence-corrected chi connectivity index (χ0v) is 33.5. The summed E-state index contributed by atoms with van der Waals surface area (Å²) in [5.41, 5.74) is 3.56. The predicted molar refractivity (Wildman–Crippen MR) is 286 cm³/mol. The van der Waals surface area contributed by atoms with Gasteiger partial charge in [0, 0.05) is 259 Å². The van der Waals surface area contributed by atoms with Crippen LogP contribution in [-0.4, -0.2) is 265 Å². The van der Waals surface area contributed by atoms with Crippen LogP contribution in [0.5, 0.6) is 0 Å². The van der Waals surface area contributed by atoms with E-state index in [1.54, 1.807) is 0 Å². The van der Waals surface area contributed by atoms with Gasteiger partial charge in [-0.2, -0.15) is 0 Å². The van der Waals surface area contributed by atoms with Gasteiger partial charge in [-0.25, -0.2) is 0 Å². The maximum absolute atomic E-state index is 6.24. The second kappa shape index (κ2) is 22.6. The van der Waals surface area contributed by atoms with Gasteiger partial charge in [-0.3, -0.25) is 4.98 Å². The van der Waals surface area contributed by atoms with Crippen LogP contribution >= 0.6 is 0 Å². The molecule has 1 aromatic heterocycles. The van der Waals surface area contributed by atoms with Crippen molar-refractivity contribution in [2.24, 2.45) is 0 Å². The molecule has 3 rings (SSSR count). The molecule has 0 atom stereocenters. The molecular formula is C18H22B35NO2. The van der Waals surface area contributed by atoms with E-state index in [2.05, 4.69) is 57.8 Å². The van der Waals surface area contributed by atoms with Gasteiger partial charge in [0.25, 0.3) is 0 Å². The van der Waals surface area contributed by atoms with Gasteiger partial charge in [0.05, 0.1) is 16.9 Å². The van der Waals surface area contributed by atoms with E-state index in [9.17, 15) is 0 Å². The summed E-state index contributed by atoms with van der Waals surface area (Å²) in [5.74, 6) is 0. The van der Waals surface area contributed by atoms with Crippen molar-refractivity contribution in [2.75, 3.05) is 0 Å². The Bertz CT molecular complexity index is 1400. The van der Waals surface area contributed by atoms with Crippen LogP contribution in [0.25, 0.3) is 11.3 Å². The van der Waals surface area contributed by atoms with Gasteiger partial charge < -0.3 is 9.31 Å². The highest BCUT2D eigenvalue weighted by atomic mass is 16.7. The molecule has 1 saturated heterocycles. The van der Waals surface area contributed by atoms with Crippen molar-refractivity contribution in [3.8, 4) is 11.3 Å². The maximum atomic E-state index is 6.24. The van der Waals surface area contributed by atoms with Crippen molar-refractivity contribution in [1.82, 2.24) is 4.98 Å². The summed E-state index contributed by atoms with van der Waals surface area (Å²) in [6.07, 6.45) is -14.8. The molecule has 0 aliphatic carbocycles. The first-order valence-corrected chi connectivity index (χ1v) is 18.7. The highest BCUT2D eigenvalue weighted by molar-refractivity contribution is 8.29. The average Bonchev–Trinajstić information content (AvgIpc) is 3.26. The molecule has 0 N–H and O–H groups in total. The van der Waals surface area contributed by atoms with Crippen LogP contribution < -0.4 is 5.46 Å². The summed E-state index contributed by atoms with van der Waals surface area (Å²) < 4.78 is 12.2. The lowest BCUT2D eigenvalue weighted by Gasteiger charge is -2.52. The number of aryl methyl sites for hydroxylation is 1. The van der Waals surface area contributed by atoms with Gasteiger partial charge in [-0.1, -0.05) is 30.3 Å². The van der Waals surface area contributed by atoms with Gasteiger partial charge in [0.2, 0.25) is 0 Å². The smallest absolute Gasteiger partial charge is 0.399 e. The largest absolute Gasteiger partial charge is 0.496 e. The van der Waals surface area contributed by atoms with E-state index in [4.69, 9.17) is 149 Å². The highest BCUT2D eigenvalue weighted by Gasteiger charge is 2.55. The minimum atomic E-state index is -1.16. The molecule has 1 aliphatic rings. The van der Waals surface area contributed by atoms with Gasteiger partial charge >= 0.3 is 7.12 Å². The lowest BCUT2D eigenvalue weighted by molar-refractivity contribution is 0.00578. The van der Waals surface area contributed by atoms with Crippen molar-refractivity contribution in [3.05, 3.63) is 48.2 Å². The number of benzene rings is 1. The molecule has 1 fully saturated rings. The Balaban J connectivity index is 0.000000419. The Morgan fingerprint density at radius 3 is 1.07 bits per heavy atom. The quantitative estimate of drug-likeness (QED) is 0.158. The van der Waals surface area contributed by atoms with E-state index < -0.39 is 102 Å². The molecule has 1 aromatic carbocycles. The van der Waals surface area contributed by atoms with E-state index in [1.165, 1.54) is 0 Å². The Morgan fingerprint density at radius 1 is 0.464 bits per heavy atom. The van der Waals surface area contributed by atoms with Gasteiger partial charge in [-0.05, 0) is 46.2 Å². The third kappa shape index (κ3) is 13.3. The number of aromatic nitrogens is 1. The normalized spacial score (nSPS) is 13.4. The molecule has 2 aromatic rings. The van der Waals surface area contributed by atoms with E-state index in [-0.39, 0.29) is 18.3 Å². The van der Waals surface area contributed by atoms with Crippen molar-refractivity contribution < 1.29 is 9.31 Å². The number of hydrogen-bond donors (Lipinski definition) is 0. The average molecular weight is 663 g/mol. The van der Waals surface area contributed by atoms with E-state index in [0.29, 0.717) is 0 Å². The molecule has 0 spiro atoms. The highest BCUT2D eigenvalue weighted by Crippen LogP contribution is 2.36. The molecule has 36 radical (unpaired) electrons. The van der Waals surface area contributed by atoms with Crippen LogP contribution in [0.15, 0.2) is 42.6 Å².